The van der Waals surface area contributed by atoms with Crippen LogP contribution in [0.4, 0.5) is 0 Å². The lowest BCUT2D eigenvalue weighted by Gasteiger charge is -2.31. The van der Waals surface area contributed by atoms with Gasteiger partial charge in [-0.3, -0.25) is 4.79 Å². The van der Waals surface area contributed by atoms with Crippen LogP contribution in [-0.4, -0.2) is 55.5 Å². The van der Waals surface area contributed by atoms with Crippen LogP contribution in [-0.2, 0) is 4.79 Å². The van der Waals surface area contributed by atoms with Crippen LogP contribution in [0.15, 0.2) is 0 Å². The Kier molecular flexibility index (Phi) is 4.55. The fourth-order valence-electron chi connectivity index (χ4n) is 2.26. The van der Waals surface area contributed by atoms with Crippen molar-refractivity contribution in [3.8, 4) is 0 Å². The monoisotopic (exact) mass is 241 g/mol. The third kappa shape index (κ3) is 3.96. The van der Waals surface area contributed by atoms with E-state index in [4.69, 9.17) is 5.73 Å². The van der Waals surface area contributed by atoms with Crippen molar-refractivity contribution >= 4 is 5.91 Å². The van der Waals surface area contributed by atoms with Gasteiger partial charge in [-0.25, -0.2) is 0 Å². The molecule has 17 heavy (non-hydrogen) atoms. The summed E-state index contributed by atoms with van der Waals surface area (Å²) in [6, 6.07) is -0.411. The highest BCUT2D eigenvalue weighted by Crippen LogP contribution is 2.20. The number of rotatable bonds is 3. The lowest BCUT2D eigenvalue weighted by molar-refractivity contribution is -0.134. The molecule has 0 aliphatic carbocycles. The molecule has 2 atom stereocenters. The first-order valence-electron chi connectivity index (χ1n) is 6.41. The Bertz CT molecular complexity index is 272. The molecule has 1 saturated heterocycles. The molecule has 0 aromatic rings. The predicted octanol–water partition coefficient (Wildman–Crippen LogP) is 0.770. The number of carbonyl (C=O) groups is 1. The first kappa shape index (κ1) is 14.5. The van der Waals surface area contributed by atoms with Crippen molar-refractivity contribution in [2.24, 2.45) is 17.1 Å². The highest BCUT2D eigenvalue weighted by Gasteiger charge is 2.31. The maximum atomic E-state index is 12.1. The Hall–Kier alpha value is -0.610. The van der Waals surface area contributed by atoms with Gasteiger partial charge in [0.25, 0.3) is 0 Å². The minimum atomic E-state index is -0.411. The molecule has 100 valence electrons. The lowest BCUT2D eigenvalue weighted by Crippen LogP contribution is -2.50. The molecule has 4 nitrogen and oxygen atoms in total. The van der Waals surface area contributed by atoms with Gasteiger partial charge in [-0.1, -0.05) is 20.8 Å². The van der Waals surface area contributed by atoms with Crippen LogP contribution in [0, 0.1) is 11.3 Å². The zero-order valence-electron chi connectivity index (χ0n) is 11.9. The van der Waals surface area contributed by atoms with E-state index in [1.807, 2.05) is 27.8 Å². The van der Waals surface area contributed by atoms with E-state index in [9.17, 15) is 4.79 Å². The summed E-state index contributed by atoms with van der Waals surface area (Å²) >= 11 is 0. The third-order valence-electron chi connectivity index (χ3n) is 3.60. The van der Waals surface area contributed by atoms with Crippen molar-refractivity contribution in [3.05, 3.63) is 0 Å². The van der Waals surface area contributed by atoms with Crippen LogP contribution in [0.5, 0.6) is 0 Å². The molecule has 1 rings (SSSR count). The van der Waals surface area contributed by atoms with Gasteiger partial charge in [0, 0.05) is 20.1 Å². The number of nitrogens with zero attached hydrogens (tertiary/aromatic N) is 2. The van der Waals surface area contributed by atoms with Crippen LogP contribution in [0.3, 0.4) is 0 Å². The summed E-state index contributed by atoms with van der Waals surface area (Å²) in [5, 5.41) is 0. The topological polar surface area (TPSA) is 49.6 Å². The molecule has 0 radical (unpaired) electrons. The smallest absolute Gasteiger partial charge is 0.239 e. The van der Waals surface area contributed by atoms with Gasteiger partial charge in [-0.05, 0) is 31.3 Å². The summed E-state index contributed by atoms with van der Waals surface area (Å²) in [5.74, 6) is 0.660. The number of amides is 1. The summed E-state index contributed by atoms with van der Waals surface area (Å²) in [7, 11) is 4.00. The highest BCUT2D eigenvalue weighted by atomic mass is 16.2. The molecular weight excluding hydrogens is 214 g/mol. The molecule has 1 unspecified atom stereocenters. The summed E-state index contributed by atoms with van der Waals surface area (Å²) in [6.45, 7) is 9.07. The van der Waals surface area contributed by atoms with Gasteiger partial charge in [0.1, 0.15) is 0 Å². The van der Waals surface area contributed by atoms with Crippen molar-refractivity contribution in [1.29, 1.82) is 0 Å². The Morgan fingerprint density at radius 2 is 2.12 bits per heavy atom. The van der Waals surface area contributed by atoms with Gasteiger partial charge >= 0.3 is 0 Å². The average molecular weight is 241 g/mol. The van der Waals surface area contributed by atoms with Gasteiger partial charge in [-0.15, -0.1) is 0 Å². The molecule has 1 amide bonds. The quantitative estimate of drug-likeness (QED) is 0.794. The Labute approximate surface area is 105 Å². The van der Waals surface area contributed by atoms with E-state index < -0.39 is 6.04 Å². The third-order valence-corrected chi connectivity index (χ3v) is 3.60. The minimum Gasteiger partial charge on any atom is -0.344 e. The maximum Gasteiger partial charge on any atom is 0.239 e. The molecule has 0 aromatic heterocycles. The highest BCUT2D eigenvalue weighted by molar-refractivity contribution is 5.82. The molecule has 1 aliphatic heterocycles. The van der Waals surface area contributed by atoms with Crippen molar-refractivity contribution in [1.82, 2.24) is 9.80 Å². The molecule has 4 heteroatoms. The average Bonchev–Trinajstić information content (AvgIpc) is 2.60. The SMILES string of the molecule is CN1CCC(CN(C)C(=O)[C@H](N)C(C)(C)C)C1. The Morgan fingerprint density at radius 1 is 1.53 bits per heavy atom. The zero-order chi connectivity index (χ0) is 13.2. The van der Waals surface area contributed by atoms with Gasteiger partial charge in [0.15, 0.2) is 0 Å². The van der Waals surface area contributed by atoms with E-state index in [1.165, 1.54) is 6.42 Å². The van der Waals surface area contributed by atoms with Gasteiger partial charge in [0.05, 0.1) is 6.04 Å². The molecule has 1 fully saturated rings. The number of likely N-dealkylation sites (tertiary alicyclic amines) is 1. The number of carbonyl (C=O) groups excluding carboxylic acids is 1. The second-order valence-electron chi connectivity index (χ2n) is 6.48. The van der Waals surface area contributed by atoms with Crippen LogP contribution in [0.1, 0.15) is 27.2 Å². The fraction of sp³-hybridized carbons (Fsp3) is 0.923. The maximum absolute atomic E-state index is 12.1. The molecule has 1 heterocycles. The minimum absolute atomic E-state index is 0.0621. The number of nitrogens with two attached hydrogens (primary N) is 1. The van der Waals surface area contributed by atoms with E-state index in [-0.39, 0.29) is 11.3 Å². The van der Waals surface area contributed by atoms with Crippen molar-refractivity contribution in [2.75, 3.05) is 33.7 Å². The zero-order valence-corrected chi connectivity index (χ0v) is 11.9. The van der Waals surface area contributed by atoms with Gasteiger partial charge < -0.3 is 15.5 Å². The molecular formula is C13H27N3O. The molecule has 1 aliphatic rings. The van der Waals surface area contributed by atoms with E-state index >= 15 is 0 Å². The normalized spacial score (nSPS) is 23.8. The number of hydrogen-bond acceptors (Lipinski definition) is 3. The van der Waals surface area contributed by atoms with Crippen LogP contribution >= 0.6 is 0 Å². The first-order valence-corrected chi connectivity index (χ1v) is 6.41. The summed E-state index contributed by atoms with van der Waals surface area (Å²) < 4.78 is 0. The predicted molar refractivity (Wildman–Crippen MR) is 70.7 cm³/mol. The van der Waals surface area contributed by atoms with Crippen LogP contribution < -0.4 is 5.73 Å². The molecule has 0 bridgehead atoms. The van der Waals surface area contributed by atoms with Gasteiger partial charge in [-0.2, -0.15) is 0 Å². The summed E-state index contributed by atoms with van der Waals surface area (Å²) in [6.07, 6.45) is 1.18. The van der Waals surface area contributed by atoms with Gasteiger partial charge in [0.2, 0.25) is 5.91 Å². The molecule has 2 N–H and O–H groups in total. The van der Waals surface area contributed by atoms with Crippen LogP contribution in [0.2, 0.25) is 0 Å². The second-order valence-corrected chi connectivity index (χ2v) is 6.48. The van der Waals surface area contributed by atoms with Crippen LogP contribution in [0.25, 0.3) is 0 Å². The molecule has 0 aromatic carbocycles. The Balaban J connectivity index is 2.47. The molecule has 0 spiro atoms. The first-order chi connectivity index (χ1) is 7.71. The summed E-state index contributed by atoms with van der Waals surface area (Å²) in [5.41, 5.74) is 5.83. The molecule has 0 saturated carbocycles. The standard InChI is InChI=1S/C13H27N3O/c1-13(2,3)11(14)12(17)16(5)9-10-6-7-15(4)8-10/h10-11H,6-9,14H2,1-5H3/t10?,11-/m0/s1. The Morgan fingerprint density at radius 3 is 2.53 bits per heavy atom. The van der Waals surface area contributed by atoms with Crippen molar-refractivity contribution < 1.29 is 4.79 Å². The van der Waals surface area contributed by atoms with E-state index in [0.717, 1.165) is 19.6 Å². The van der Waals surface area contributed by atoms with Crippen molar-refractivity contribution in [3.63, 3.8) is 0 Å². The number of likely N-dealkylation sites (N-methyl/N-ethyl adjacent to an activating group) is 1. The fourth-order valence-corrected chi connectivity index (χ4v) is 2.26. The second kappa shape index (κ2) is 5.36. The lowest BCUT2D eigenvalue weighted by atomic mass is 9.86. The number of hydrogen-bond donors (Lipinski definition) is 1. The van der Waals surface area contributed by atoms with E-state index in [0.29, 0.717) is 5.92 Å². The van der Waals surface area contributed by atoms with E-state index in [2.05, 4.69) is 11.9 Å². The summed E-state index contributed by atoms with van der Waals surface area (Å²) in [4.78, 5) is 16.3. The van der Waals surface area contributed by atoms with E-state index in [1.54, 1.807) is 4.90 Å². The van der Waals surface area contributed by atoms with Crippen molar-refractivity contribution in [2.45, 2.75) is 33.2 Å². The largest absolute Gasteiger partial charge is 0.344 e.